The van der Waals surface area contributed by atoms with Gasteiger partial charge in [0.2, 0.25) is 0 Å². The molecule has 13 heavy (non-hydrogen) atoms. The van der Waals surface area contributed by atoms with Gasteiger partial charge in [0, 0.05) is 12.5 Å². The average Bonchev–Trinajstić information content (AvgIpc) is 2.04. The van der Waals surface area contributed by atoms with Crippen molar-refractivity contribution >= 4 is 5.97 Å². The molecule has 76 valence electrons. The lowest BCUT2D eigenvalue weighted by molar-refractivity contribution is -0.150. The van der Waals surface area contributed by atoms with Crippen LogP contribution in [0.1, 0.15) is 45.4 Å². The zero-order chi connectivity index (χ0) is 9.68. The van der Waals surface area contributed by atoms with Crippen LogP contribution >= 0.6 is 0 Å². The Kier molecular flexibility index (Phi) is 4.22. The first-order chi connectivity index (χ1) is 6.22. The fourth-order valence-corrected chi connectivity index (χ4v) is 1.74. The van der Waals surface area contributed by atoms with Gasteiger partial charge in [-0.15, -0.1) is 0 Å². The van der Waals surface area contributed by atoms with Crippen LogP contribution in [0, 0.1) is 0 Å². The molecule has 0 amide bonds. The molecule has 3 heteroatoms. The molecule has 0 aliphatic heterocycles. The Morgan fingerprint density at radius 1 is 1.54 bits per heavy atom. The predicted octanol–water partition coefficient (Wildman–Crippen LogP) is 1.60. The van der Waals surface area contributed by atoms with Gasteiger partial charge < -0.3 is 10.5 Å². The number of carbonyl (C=O) groups is 1. The van der Waals surface area contributed by atoms with Gasteiger partial charge in [0.25, 0.3) is 0 Å². The summed E-state index contributed by atoms with van der Waals surface area (Å²) in [6.45, 7) is 1.98. The first kappa shape index (κ1) is 10.5. The van der Waals surface area contributed by atoms with Crippen molar-refractivity contribution in [3.05, 3.63) is 0 Å². The average molecular weight is 185 g/mol. The minimum Gasteiger partial charge on any atom is -0.462 e. The Morgan fingerprint density at radius 2 is 2.31 bits per heavy atom. The SMILES string of the molecule is CCCC(=O)OC1CCCC(N)C1. The molecule has 1 fully saturated rings. The van der Waals surface area contributed by atoms with Gasteiger partial charge in [0.15, 0.2) is 0 Å². The summed E-state index contributed by atoms with van der Waals surface area (Å²) in [7, 11) is 0. The van der Waals surface area contributed by atoms with Gasteiger partial charge in [-0.2, -0.15) is 0 Å². The summed E-state index contributed by atoms with van der Waals surface area (Å²) in [5, 5.41) is 0. The second-order valence-corrected chi connectivity index (χ2v) is 3.79. The Morgan fingerprint density at radius 3 is 2.92 bits per heavy atom. The van der Waals surface area contributed by atoms with E-state index in [1.54, 1.807) is 0 Å². The van der Waals surface area contributed by atoms with E-state index in [2.05, 4.69) is 0 Å². The summed E-state index contributed by atoms with van der Waals surface area (Å²) in [5.74, 6) is -0.0680. The van der Waals surface area contributed by atoms with Crippen LogP contribution in [-0.4, -0.2) is 18.1 Å². The minimum absolute atomic E-state index is 0.0680. The van der Waals surface area contributed by atoms with E-state index in [0.29, 0.717) is 6.42 Å². The van der Waals surface area contributed by atoms with E-state index in [1.165, 1.54) is 0 Å². The summed E-state index contributed by atoms with van der Waals surface area (Å²) in [4.78, 5) is 11.2. The first-order valence-corrected chi connectivity index (χ1v) is 5.17. The van der Waals surface area contributed by atoms with Crippen molar-refractivity contribution in [2.24, 2.45) is 5.73 Å². The Labute approximate surface area is 79.6 Å². The van der Waals surface area contributed by atoms with Crippen LogP contribution in [0.25, 0.3) is 0 Å². The molecule has 2 N–H and O–H groups in total. The molecule has 1 saturated carbocycles. The molecule has 1 aliphatic carbocycles. The van der Waals surface area contributed by atoms with Crippen molar-refractivity contribution in [1.82, 2.24) is 0 Å². The molecule has 3 nitrogen and oxygen atoms in total. The lowest BCUT2D eigenvalue weighted by Crippen LogP contribution is -2.33. The van der Waals surface area contributed by atoms with Gasteiger partial charge >= 0.3 is 5.97 Å². The normalized spacial score (nSPS) is 28.5. The largest absolute Gasteiger partial charge is 0.462 e. The lowest BCUT2D eigenvalue weighted by atomic mass is 9.93. The number of hydrogen-bond acceptors (Lipinski definition) is 3. The predicted molar refractivity (Wildman–Crippen MR) is 51.2 cm³/mol. The van der Waals surface area contributed by atoms with E-state index >= 15 is 0 Å². The van der Waals surface area contributed by atoms with Gasteiger partial charge in [0.1, 0.15) is 6.10 Å². The van der Waals surface area contributed by atoms with Crippen molar-refractivity contribution < 1.29 is 9.53 Å². The van der Waals surface area contributed by atoms with Crippen LogP contribution in [0.3, 0.4) is 0 Å². The molecule has 1 rings (SSSR count). The highest BCUT2D eigenvalue weighted by molar-refractivity contribution is 5.69. The van der Waals surface area contributed by atoms with Crippen LogP contribution in [0.2, 0.25) is 0 Å². The quantitative estimate of drug-likeness (QED) is 0.679. The highest BCUT2D eigenvalue weighted by atomic mass is 16.5. The van der Waals surface area contributed by atoms with E-state index < -0.39 is 0 Å². The van der Waals surface area contributed by atoms with Crippen LogP contribution in [-0.2, 0) is 9.53 Å². The number of ether oxygens (including phenoxy) is 1. The number of nitrogens with two attached hydrogens (primary N) is 1. The number of carbonyl (C=O) groups excluding carboxylic acids is 1. The van der Waals surface area contributed by atoms with E-state index in [4.69, 9.17) is 10.5 Å². The standard InChI is InChI=1S/C10H19NO2/c1-2-4-10(12)13-9-6-3-5-8(11)7-9/h8-9H,2-7,11H2,1H3. The maximum Gasteiger partial charge on any atom is 0.306 e. The maximum atomic E-state index is 11.2. The highest BCUT2D eigenvalue weighted by Gasteiger charge is 2.21. The van der Waals surface area contributed by atoms with Crippen molar-refractivity contribution in [1.29, 1.82) is 0 Å². The molecular weight excluding hydrogens is 166 g/mol. The van der Waals surface area contributed by atoms with Gasteiger partial charge in [-0.05, 0) is 32.1 Å². The smallest absolute Gasteiger partial charge is 0.306 e. The minimum atomic E-state index is -0.0680. The Balaban J connectivity index is 2.23. The molecule has 0 spiro atoms. The zero-order valence-electron chi connectivity index (χ0n) is 8.29. The molecule has 0 radical (unpaired) electrons. The number of esters is 1. The van der Waals surface area contributed by atoms with E-state index in [-0.39, 0.29) is 18.1 Å². The fraction of sp³-hybridized carbons (Fsp3) is 0.900. The third-order valence-corrected chi connectivity index (χ3v) is 2.42. The Hall–Kier alpha value is -0.570. The molecule has 0 heterocycles. The second kappa shape index (κ2) is 5.22. The van der Waals surface area contributed by atoms with Gasteiger partial charge in [-0.25, -0.2) is 0 Å². The van der Waals surface area contributed by atoms with Crippen LogP contribution < -0.4 is 5.73 Å². The molecule has 0 bridgehead atoms. The lowest BCUT2D eigenvalue weighted by Gasteiger charge is -2.26. The number of rotatable bonds is 3. The second-order valence-electron chi connectivity index (χ2n) is 3.79. The van der Waals surface area contributed by atoms with Crippen molar-refractivity contribution in [2.45, 2.75) is 57.6 Å². The van der Waals surface area contributed by atoms with Gasteiger partial charge in [0.05, 0.1) is 0 Å². The van der Waals surface area contributed by atoms with E-state index in [0.717, 1.165) is 32.1 Å². The third kappa shape index (κ3) is 3.77. The molecule has 0 aromatic heterocycles. The highest BCUT2D eigenvalue weighted by Crippen LogP contribution is 2.20. The van der Waals surface area contributed by atoms with E-state index in [1.807, 2.05) is 6.92 Å². The maximum absolute atomic E-state index is 11.2. The topological polar surface area (TPSA) is 52.3 Å². The molecular formula is C10H19NO2. The van der Waals surface area contributed by atoms with Crippen LogP contribution in [0.4, 0.5) is 0 Å². The third-order valence-electron chi connectivity index (χ3n) is 2.42. The summed E-state index contributed by atoms with van der Waals surface area (Å²) in [6, 6.07) is 0.230. The van der Waals surface area contributed by atoms with Gasteiger partial charge in [-0.3, -0.25) is 4.79 Å². The molecule has 0 aromatic rings. The molecule has 2 atom stereocenters. The zero-order valence-corrected chi connectivity index (χ0v) is 8.29. The fourth-order valence-electron chi connectivity index (χ4n) is 1.74. The Bertz CT molecular complexity index is 170. The molecule has 1 aliphatic rings. The van der Waals surface area contributed by atoms with Crippen molar-refractivity contribution in [3.8, 4) is 0 Å². The summed E-state index contributed by atoms with van der Waals surface area (Å²) in [6.07, 6.45) is 5.47. The van der Waals surface area contributed by atoms with Crippen molar-refractivity contribution in [2.75, 3.05) is 0 Å². The molecule has 0 saturated heterocycles. The molecule has 0 aromatic carbocycles. The van der Waals surface area contributed by atoms with Crippen LogP contribution in [0.5, 0.6) is 0 Å². The summed E-state index contributed by atoms with van der Waals surface area (Å²) in [5.41, 5.74) is 5.78. The molecule has 2 unspecified atom stereocenters. The van der Waals surface area contributed by atoms with Crippen molar-refractivity contribution in [3.63, 3.8) is 0 Å². The number of hydrogen-bond donors (Lipinski definition) is 1. The van der Waals surface area contributed by atoms with E-state index in [9.17, 15) is 4.79 Å². The monoisotopic (exact) mass is 185 g/mol. The van der Waals surface area contributed by atoms with Gasteiger partial charge in [-0.1, -0.05) is 6.92 Å². The van der Waals surface area contributed by atoms with Crippen LogP contribution in [0.15, 0.2) is 0 Å². The summed E-state index contributed by atoms with van der Waals surface area (Å²) < 4.78 is 5.28. The first-order valence-electron chi connectivity index (χ1n) is 5.17. The summed E-state index contributed by atoms with van der Waals surface area (Å²) >= 11 is 0.